The molecule has 2 rings (SSSR count). The summed E-state index contributed by atoms with van der Waals surface area (Å²) in [6, 6.07) is 5.76. The van der Waals surface area contributed by atoms with Crippen molar-refractivity contribution in [2.24, 2.45) is 0 Å². The third kappa shape index (κ3) is 3.79. The lowest BCUT2D eigenvalue weighted by atomic mass is 10.1. The summed E-state index contributed by atoms with van der Waals surface area (Å²) in [4.78, 5) is 13.9. The summed E-state index contributed by atoms with van der Waals surface area (Å²) in [6.45, 7) is 5.89. The Kier molecular flexibility index (Phi) is 5.42. The number of morpholine rings is 1. The number of anilines is 1. The fraction of sp³-hybridized carbons (Fsp3) is 0.375. The standard InChI is InChI=1S/C16H18ClN3O2/c1-11-7-12(2)15(14(17)8-11)19-10-13(9-18)16(21)20-3-5-22-6-4-20/h7-8,10,19H,3-6H2,1-2H3/b13-10-. The number of carbonyl (C=O) groups is 1. The van der Waals surface area contributed by atoms with Gasteiger partial charge in [-0.2, -0.15) is 5.26 Å². The monoisotopic (exact) mass is 319 g/mol. The third-order valence-corrected chi connectivity index (χ3v) is 3.74. The van der Waals surface area contributed by atoms with Crippen LogP contribution >= 0.6 is 11.6 Å². The molecule has 0 atom stereocenters. The molecule has 1 aliphatic rings. The molecular formula is C16H18ClN3O2. The van der Waals surface area contributed by atoms with Crippen LogP contribution in [0.1, 0.15) is 11.1 Å². The van der Waals surface area contributed by atoms with Crippen LogP contribution in [0.4, 0.5) is 5.69 Å². The van der Waals surface area contributed by atoms with E-state index in [4.69, 9.17) is 16.3 Å². The van der Waals surface area contributed by atoms with Gasteiger partial charge in [0.2, 0.25) is 0 Å². The van der Waals surface area contributed by atoms with Crippen LogP contribution in [0.2, 0.25) is 5.02 Å². The molecule has 0 radical (unpaired) electrons. The van der Waals surface area contributed by atoms with Gasteiger partial charge in [0.1, 0.15) is 11.6 Å². The predicted octanol–water partition coefficient (Wildman–Crippen LogP) is 2.64. The van der Waals surface area contributed by atoms with Gasteiger partial charge in [-0.3, -0.25) is 4.79 Å². The zero-order chi connectivity index (χ0) is 16.1. The van der Waals surface area contributed by atoms with Crippen molar-refractivity contribution in [1.82, 2.24) is 4.90 Å². The normalized spacial score (nSPS) is 15.4. The molecule has 1 saturated heterocycles. The van der Waals surface area contributed by atoms with Crippen LogP contribution < -0.4 is 5.32 Å². The van der Waals surface area contributed by atoms with E-state index >= 15 is 0 Å². The van der Waals surface area contributed by atoms with E-state index < -0.39 is 0 Å². The number of aryl methyl sites for hydroxylation is 2. The number of rotatable bonds is 3. The number of nitriles is 1. The Balaban J connectivity index is 2.16. The molecule has 0 bridgehead atoms. The maximum Gasteiger partial charge on any atom is 0.266 e. The van der Waals surface area contributed by atoms with E-state index in [-0.39, 0.29) is 11.5 Å². The smallest absolute Gasteiger partial charge is 0.266 e. The first-order chi connectivity index (χ1) is 10.5. The summed E-state index contributed by atoms with van der Waals surface area (Å²) in [5.41, 5.74) is 2.77. The van der Waals surface area contributed by atoms with Gasteiger partial charge in [-0.05, 0) is 31.0 Å². The van der Waals surface area contributed by atoms with Crippen molar-refractivity contribution in [1.29, 1.82) is 5.26 Å². The SMILES string of the molecule is Cc1cc(C)c(N/C=C(/C#N)C(=O)N2CCOCC2)c(Cl)c1. The Labute approximate surface area is 135 Å². The first-order valence-corrected chi connectivity index (χ1v) is 7.41. The quantitative estimate of drug-likeness (QED) is 0.687. The highest BCUT2D eigenvalue weighted by Gasteiger charge is 2.20. The van der Waals surface area contributed by atoms with Gasteiger partial charge in [-0.25, -0.2) is 0 Å². The van der Waals surface area contributed by atoms with E-state index in [0.29, 0.717) is 37.0 Å². The molecule has 5 nitrogen and oxygen atoms in total. The van der Waals surface area contributed by atoms with E-state index in [1.54, 1.807) is 4.90 Å². The lowest BCUT2D eigenvalue weighted by Gasteiger charge is -2.26. The van der Waals surface area contributed by atoms with E-state index in [1.807, 2.05) is 32.0 Å². The summed E-state index contributed by atoms with van der Waals surface area (Å²) in [6.07, 6.45) is 1.42. The van der Waals surface area contributed by atoms with Crippen LogP contribution in [0.5, 0.6) is 0 Å². The molecule has 0 spiro atoms. The fourth-order valence-electron chi connectivity index (χ4n) is 2.32. The van der Waals surface area contributed by atoms with Crippen molar-refractivity contribution < 1.29 is 9.53 Å². The fourth-order valence-corrected chi connectivity index (χ4v) is 2.70. The Morgan fingerprint density at radius 3 is 2.68 bits per heavy atom. The number of amides is 1. The summed E-state index contributed by atoms with van der Waals surface area (Å²) in [5, 5.41) is 12.8. The average molecular weight is 320 g/mol. The summed E-state index contributed by atoms with van der Waals surface area (Å²) in [5.74, 6) is -0.292. The molecule has 0 aliphatic carbocycles. The highest BCUT2D eigenvalue weighted by molar-refractivity contribution is 6.33. The number of nitrogens with one attached hydrogen (secondary N) is 1. The molecule has 6 heteroatoms. The highest BCUT2D eigenvalue weighted by Crippen LogP contribution is 2.27. The average Bonchev–Trinajstić information content (AvgIpc) is 2.50. The van der Waals surface area contributed by atoms with Crippen LogP contribution in [0, 0.1) is 25.2 Å². The van der Waals surface area contributed by atoms with E-state index in [0.717, 1.165) is 11.1 Å². The van der Waals surface area contributed by atoms with E-state index in [2.05, 4.69) is 5.32 Å². The largest absolute Gasteiger partial charge is 0.378 e. The second-order valence-corrected chi connectivity index (χ2v) is 5.56. The van der Waals surface area contributed by atoms with Crippen LogP contribution in [0.3, 0.4) is 0 Å². The molecule has 1 heterocycles. The topological polar surface area (TPSA) is 65.4 Å². The molecule has 1 N–H and O–H groups in total. The second-order valence-electron chi connectivity index (χ2n) is 5.16. The van der Waals surface area contributed by atoms with Crippen LogP contribution in [-0.4, -0.2) is 37.1 Å². The molecule has 0 aromatic heterocycles. The van der Waals surface area contributed by atoms with Crippen LogP contribution in [0.15, 0.2) is 23.9 Å². The van der Waals surface area contributed by atoms with Crippen molar-refractivity contribution in [3.05, 3.63) is 40.1 Å². The minimum absolute atomic E-state index is 0.0536. The number of ether oxygens (including phenoxy) is 1. The first-order valence-electron chi connectivity index (χ1n) is 7.03. The van der Waals surface area contributed by atoms with E-state index in [1.165, 1.54) is 6.20 Å². The van der Waals surface area contributed by atoms with Gasteiger partial charge in [-0.1, -0.05) is 17.7 Å². The zero-order valence-corrected chi connectivity index (χ0v) is 13.4. The van der Waals surface area contributed by atoms with E-state index in [9.17, 15) is 10.1 Å². The van der Waals surface area contributed by atoms with Crippen molar-refractivity contribution in [3.63, 3.8) is 0 Å². The lowest BCUT2D eigenvalue weighted by Crippen LogP contribution is -2.41. The molecule has 0 unspecified atom stereocenters. The Morgan fingerprint density at radius 1 is 1.41 bits per heavy atom. The third-order valence-electron chi connectivity index (χ3n) is 3.44. The zero-order valence-electron chi connectivity index (χ0n) is 12.6. The number of hydrogen-bond donors (Lipinski definition) is 1. The maximum absolute atomic E-state index is 12.3. The Morgan fingerprint density at radius 2 is 2.09 bits per heavy atom. The molecule has 1 fully saturated rings. The van der Waals surface area contributed by atoms with Crippen molar-refractivity contribution >= 4 is 23.2 Å². The molecule has 0 saturated carbocycles. The minimum Gasteiger partial charge on any atom is -0.378 e. The van der Waals surface area contributed by atoms with Crippen molar-refractivity contribution in [2.45, 2.75) is 13.8 Å². The van der Waals surface area contributed by atoms with Crippen LogP contribution in [0.25, 0.3) is 0 Å². The van der Waals surface area contributed by atoms with Crippen molar-refractivity contribution in [2.75, 3.05) is 31.6 Å². The number of hydrogen-bond acceptors (Lipinski definition) is 4. The summed E-state index contributed by atoms with van der Waals surface area (Å²) in [7, 11) is 0. The number of benzene rings is 1. The second kappa shape index (κ2) is 7.30. The van der Waals surface area contributed by atoms with Gasteiger partial charge in [0, 0.05) is 19.3 Å². The number of halogens is 1. The van der Waals surface area contributed by atoms with Gasteiger partial charge in [0.25, 0.3) is 5.91 Å². The van der Waals surface area contributed by atoms with Gasteiger partial charge in [-0.15, -0.1) is 0 Å². The van der Waals surface area contributed by atoms with Gasteiger partial charge in [0.05, 0.1) is 23.9 Å². The molecule has 1 aliphatic heterocycles. The van der Waals surface area contributed by atoms with Gasteiger partial charge >= 0.3 is 0 Å². The Hall–Kier alpha value is -2.03. The molecule has 22 heavy (non-hydrogen) atoms. The van der Waals surface area contributed by atoms with Crippen LogP contribution in [-0.2, 0) is 9.53 Å². The summed E-state index contributed by atoms with van der Waals surface area (Å²) >= 11 is 6.20. The molecule has 116 valence electrons. The number of nitrogens with zero attached hydrogens (tertiary/aromatic N) is 2. The van der Waals surface area contributed by atoms with Gasteiger partial charge < -0.3 is 15.0 Å². The molecule has 1 aromatic carbocycles. The lowest BCUT2D eigenvalue weighted by molar-refractivity contribution is -0.130. The molecular weight excluding hydrogens is 302 g/mol. The predicted molar refractivity (Wildman–Crippen MR) is 85.6 cm³/mol. The Bertz CT molecular complexity index is 620. The molecule has 1 aromatic rings. The first kappa shape index (κ1) is 16.3. The maximum atomic E-state index is 12.3. The summed E-state index contributed by atoms with van der Waals surface area (Å²) < 4.78 is 5.21. The van der Waals surface area contributed by atoms with Crippen molar-refractivity contribution in [3.8, 4) is 6.07 Å². The van der Waals surface area contributed by atoms with Gasteiger partial charge in [0.15, 0.2) is 0 Å². The number of carbonyl (C=O) groups excluding carboxylic acids is 1. The highest BCUT2D eigenvalue weighted by atomic mass is 35.5. The molecule has 1 amide bonds. The minimum atomic E-state index is -0.292.